The third-order valence-corrected chi connectivity index (χ3v) is 4.21. The summed E-state index contributed by atoms with van der Waals surface area (Å²) in [5.41, 5.74) is 4.37. The Kier molecular flexibility index (Phi) is 14.4. The molecule has 0 aromatic rings. The molecule has 0 atom stereocenters. The molecule has 150 valence electrons. The maximum absolute atomic E-state index is 5.71. The Morgan fingerprint density at radius 3 is 1.92 bits per heavy atom. The highest BCUT2D eigenvalue weighted by Gasteiger charge is 2.07. The molecular formula is C20H36N2O4. The Hall–Kier alpha value is -0.980. The van der Waals surface area contributed by atoms with Crippen LogP contribution in [0.15, 0.2) is 29.5 Å². The molecule has 6 heteroatoms. The molecule has 0 aromatic heterocycles. The second-order valence-corrected chi connectivity index (χ2v) is 6.14. The van der Waals surface area contributed by atoms with E-state index in [-0.39, 0.29) is 0 Å². The zero-order chi connectivity index (χ0) is 18.9. The van der Waals surface area contributed by atoms with E-state index in [2.05, 4.69) is 28.5 Å². The topological polar surface area (TPSA) is 43.4 Å². The molecule has 0 saturated carbocycles. The van der Waals surface area contributed by atoms with Gasteiger partial charge in [-0.1, -0.05) is 6.92 Å². The predicted molar refractivity (Wildman–Crippen MR) is 105 cm³/mol. The van der Waals surface area contributed by atoms with E-state index >= 15 is 0 Å². The molecular weight excluding hydrogens is 332 g/mol. The molecule has 0 N–H and O–H groups in total. The van der Waals surface area contributed by atoms with E-state index in [1.165, 1.54) is 5.57 Å². The van der Waals surface area contributed by atoms with Gasteiger partial charge < -0.3 is 18.9 Å². The summed E-state index contributed by atoms with van der Waals surface area (Å²) in [4.78, 5) is 4.65. The highest BCUT2D eigenvalue weighted by atomic mass is 16.5. The van der Waals surface area contributed by atoms with Gasteiger partial charge in [-0.3, -0.25) is 9.80 Å². The zero-order valence-corrected chi connectivity index (χ0v) is 16.7. The Labute approximate surface area is 159 Å². The van der Waals surface area contributed by atoms with Crippen molar-refractivity contribution >= 4 is 0 Å². The van der Waals surface area contributed by atoms with Gasteiger partial charge in [0.05, 0.1) is 39.6 Å². The fourth-order valence-electron chi connectivity index (χ4n) is 2.56. The second kappa shape index (κ2) is 16.2. The Bertz CT molecular complexity index is 434. The first-order chi connectivity index (χ1) is 12.8. The minimum atomic E-state index is 0.631. The molecule has 1 aliphatic carbocycles. The summed E-state index contributed by atoms with van der Waals surface area (Å²) in [7, 11) is 3.47. The van der Waals surface area contributed by atoms with E-state index in [9.17, 15) is 0 Å². The third kappa shape index (κ3) is 11.6. The molecule has 0 heterocycles. The summed E-state index contributed by atoms with van der Waals surface area (Å²) in [6.45, 7) is 11.9. The molecule has 0 aromatic carbocycles. The van der Waals surface area contributed by atoms with Gasteiger partial charge in [0.1, 0.15) is 0 Å². The quantitative estimate of drug-likeness (QED) is 0.270. The van der Waals surface area contributed by atoms with Crippen LogP contribution in [-0.2, 0) is 18.9 Å². The fourth-order valence-corrected chi connectivity index (χ4v) is 2.56. The number of methoxy groups -OCH3 is 2. The molecule has 26 heavy (non-hydrogen) atoms. The van der Waals surface area contributed by atoms with Gasteiger partial charge in [-0.25, -0.2) is 0 Å². The molecule has 0 unspecified atom stereocenters. The number of allylic oxidation sites excluding steroid dienone is 1. The van der Waals surface area contributed by atoms with Crippen LogP contribution in [0.1, 0.15) is 6.92 Å². The van der Waals surface area contributed by atoms with Crippen molar-refractivity contribution in [1.82, 2.24) is 9.80 Å². The SMILES string of the molecule is CCN(CCOC)CCOCCOCCN(CCOC)CC1=CC=C=C1. The lowest BCUT2D eigenvalue weighted by Crippen LogP contribution is -2.33. The summed E-state index contributed by atoms with van der Waals surface area (Å²) < 4.78 is 21.7. The highest BCUT2D eigenvalue weighted by molar-refractivity contribution is 5.30. The van der Waals surface area contributed by atoms with Crippen LogP contribution < -0.4 is 0 Å². The van der Waals surface area contributed by atoms with E-state index in [4.69, 9.17) is 18.9 Å². The van der Waals surface area contributed by atoms with Crippen LogP contribution in [0.3, 0.4) is 0 Å². The van der Waals surface area contributed by atoms with Crippen molar-refractivity contribution in [3.8, 4) is 0 Å². The lowest BCUT2D eigenvalue weighted by atomic mass is 10.2. The maximum Gasteiger partial charge on any atom is 0.0701 e. The first-order valence-corrected chi connectivity index (χ1v) is 9.49. The molecule has 0 bridgehead atoms. The van der Waals surface area contributed by atoms with Crippen molar-refractivity contribution in [3.05, 3.63) is 29.5 Å². The second-order valence-electron chi connectivity index (χ2n) is 6.14. The Balaban J connectivity index is 2.03. The summed E-state index contributed by atoms with van der Waals surface area (Å²) in [5, 5.41) is 0. The summed E-state index contributed by atoms with van der Waals surface area (Å²) in [6.07, 6.45) is 6.08. The smallest absolute Gasteiger partial charge is 0.0701 e. The molecule has 1 rings (SSSR count). The maximum atomic E-state index is 5.71. The minimum absolute atomic E-state index is 0.631. The zero-order valence-electron chi connectivity index (χ0n) is 16.7. The van der Waals surface area contributed by atoms with Crippen LogP contribution in [0, 0.1) is 0 Å². The number of rotatable bonds is 18. The van der Waals surface area contributed by atoms with Gasteiger partial charge >= 0.3 is 0 Å². The van der Waals surface area contributed by atoms with Crippen molar-refractivity contribution in [1.29, 1.82) is 0 Å². The largest absolute Gasteiger partial charge is 0.383 e. The average Bonchev–Trinajstić information content (AvgIpc) is 3.17. The van der Waals surface area contributed by atoms with E-state index in [1.807, 2.05) is 12.2 Å². The summed E-state index contributed by atoms with van der Waals surface area (Å²) >= 11 is 0. The number of hydrogen-bond acceptors (Lipinski definition) is 6. The van der Waals surface area contributed by atoms with Crippen molar-refractivity contribution in [2.75, 3.05) is 93.1 Å². The number of nitrogens with zero attached hydrogens (tertiary/aromatic N) is 2. The van der Waals surface area contributed by atoms with Crippen molar-refractivity contribution in [2.45, 2.75) is 6.92 Å². The van der Waals surface area contributed by atoms with Crippen LogP contribution in [0.5, 0.6) is 0 Å². The van der Waals surface area contributed by atoms with E-state index in [0.717, 1.165) is 59.1 Å². The van der Waals surface area contributed by atoms with E-state index in [1.54, 1.807) is 14.2 Å². The number of ether oxygens (including phenoxy) is 4. The lowest BCUT2D eigenvalue weighted by Gasteiger charge is -2.22. The van der Waals surface area contributed by atoms with Crippen LogP contribution in [0.2, 0.25) is 0 Å². The predicted octanol–water partition coefficient (Wildman–Crippen LogP) is 1.59. The van der Waals surface area contributed by atoms with Gasteiger partial charge in [-0.2, -0.15) is 0 Å². The van der Waals surface area contributed by atoms with Crippen LogP contribution in [0.25, 0.3) is 0 Å². The molecule has 0 aliphatic heterocycles. The molecule has 0 spiro atoms. The van der Waals surface area contributed by atoms with Gasteiger partial charge in [0, 0.05) is 46.9 Å². The minimum Gasteiger partial charge on any atom is -0.383 e. The van der Waals surface area contributed by atoms with E-state index < -0.39 is 0 Å². The standard InChI is InChI=1S/C20H36N2O4/c1-4-21(9-13-23-2)11-15-25-17-18-26-16-12-22(10-14-24-3)19-20-7-5-6-8-20/h5,7-8H,4,9-19H2,1-3H3. The van der Waals surface area contributed by atoms with Crippen molar-refractivity contribution < 1.29 is 18.9 Å². The molecule has 0 amide bonds. The first-order valence-electron chi connectivity index (χ1n) is 9.49. The Morgan fingerprint density at radius 1 is 0.808 bits per heavy atom. The van der Waals surface area contributed by atoms with Crippen molar-refractivity contribution in [2.24, 2.45) is 0 Å². The van der Waals surface area contributed by atoms with Gasteiger partial charge in [0.25, 0.3) is 0 Å². The van der Waals surface area contributed by atoms with Gasteiger partial charge in [0.2, 0.25) is 0 Å². The normalized spacial score (nSPS) is 13.3. The van der Waals surface area contributed by atoms with Crippen molar-refractivity contribution in [3.63, 3.8) is 0 Å². The molecule has 0 radical (unpaired) electrons. The molecule has 0 saturated heterocycles. The van der Waals surface area contributed by atoms with Gasteiger partial charge in [0.15, 0.2) is 0 Å². The molecule has 1 aliphatic rings. The highest BCUT2D eigenvalue weighted by Crippen LogP contribution is 2.05. The van der Waals surface area contributed by atoms with Crippen LogP contribution in [0.4, 0.5) is 0 Å². The van der Waals surface area contributed by atoms with Crippen LogP contribution >= 0.6 is 0 Å². The average molecular weight is 369 g/mol. The number of likely N-dealkylation sites (N-methyl/N-ethyl adjacent to an activating group) is 1. The summed E-state index contributed by atoms with van der Waals surface area (Å²) in [6, 6.07) is 0. The molecule has 6 nitrogen and oxygen atoms in total. The summed E-state index contributed by atoms with van der Waals surface area (Å²) in [5.74, 6) is 0. The van der Waals surface area contributed by atoms with E-state index in [0.29, 0.717) is 19.8 Å². The number of hydrogen-bond donors (Lipinski definition) is 0. The third-order valence-electron chi connectivity index (χ3n) is 4.21. The van der Waals surface area contributed by atoms with Gasteiger partial charge in [-0.15, -0.1) is 5.73 Å². The van der Waals surface area contributed by atoms with Gasteiger partial charge in [-0.05, 0) is 30.3 Å². The fraction of sp³-hybridized carbons (Fsp3) is 0.750. The Morgan fingerprint density at radius 2 is 1.38 bits per heavy atom. The van der Waals surface area contributed by atoms with Crippen LogP contribution in [-0.4, -0.2) is 103 Å². The monoisotopic (exact) mass is 368 g/mol. The lowest BCUT2D eigenvalue weighted by molar-refractivity contribution is 0.0283. The molecule has 0 fully saturated rings. The first kappa shape index (κ1) is 23.1.